The number of furan rings is 1. The molecular weight excluding hydrogens is 365 g/mol. The second kappa shape index (κ2) is 7.04. The Labute approximate surface area is 158 Å². The van der Waals surface area contributed by atoms with E-state index in [4.69, 9.17) is 8.94 Å². The number of amides is 2. The molecule has 1 atom stereocenters. The van der Waals surface area contributed by atoms with E-state index in [1.54, 1.807) is 23.4 Å². The monoisotopic (exact) mass is 385 g/mol. The van der Waals surface area contributed by atoms with E-state index in [0.717, 1.165) is 28.5 Å². The minimum atomic E-state index is -0.202. The van der Waals surface area contributed by atoms with Crippen LogP contribution < -0.4 is 10.2 Å². The van der Waals surface area contributed by atoms with E-state index in [0.29, 0.717) is 24.7 Å². The molecule has 1 saturated heterocycles. The third-order valence-corrected chi connectivity index (χ3v) is 5.37. The molecule has 9 heteroatoms. The number of urea groups is 1. The fraction of sp³-hybridized carbons (Fsp3) is 0.333. The van der Waals surface area contributed by atoms with Crippen molar-refractivity contribution in [2.45, 2.75) is 19.4 Å². The maximum absolute atomic E-state index is 12.6. The van der Waals surface area contributed by atoms with E-state index in [1.807, 2.05) is 26.1 Å². The normalized spacial score (nSPS) is 17.3. The van der Waals surface area contributed by atoms with Gasteiger partial charge in [-0.25, -0.2) is 9.78 Å². The summed E-state index contributed by atoms with van der Waals surface area (Å²) in [5.74, 6) is 0.352. The summed E-state index contributed by atoms with van der Waals surface area (Å²) in [5, 5.41) is 8.64. The van der Waals surface area contributed by atoms with E-state index in [2.05, 4.69) is 29.2 Å². The van der Waals surface area contributed by atoms with Gasteiger partial charge in [0.25, 0.3) is 0 Å². The fourth-order valence-corrected chi connectivity index (χ4v) is 3.71. The molecule has 0 aromatic carbocycles. The van der Waals surface area contributed by atoms with Gasteiger partial charge in [0.15, 0.2) is 0 Å². The van der Waals surface area contributed by atoms with E-state index in [-0.39, 0.29) is 12.1 Å². The highest BCUT2D eigenvalue weighted by molar-refractivity contribution is 7.21. The van der Waals surface area contributed by atoms with Crippen molar-refractivity contribution in [2.24, 2.45) is 0 Å². The second-order valence-electron chi connectivity index (χ2n) is 6.58. The molecular formula is C18H20N5O3P. The van der Waals surface area contributed by atoms with Gasteiger partial charge >= 0.3 is 6.03 Å². The molecule has 3 aromatic heterocycles. The number of hydrogen-bond donors (Lipinski definition) is 1. The first-order chi connectivity index (χ1) is 13.0. The maximum atomic E-state index is 12.6. The molecule has 1 aliphatic heterocycles. The Kier molecular flexibility index (Phi) is 4.58. The average Bonchev–Trinajstić information content (AvgIpc) is 3.30. The van der Waals surface area contributed by atoms with Crippen LogP contribution in [0.2, 0.25) is 0 Å². The molecule has 0 spiro atoms. The third kappa shape index (κ3) is 3.40. The van der Waals surface area contributed by atoms with Crippen LogP contribution in [0.25, 0.3) is 11.1 Å². The fourth-order valence-electron chi connectivity index (χ4n) is 3.32. The molecule has 0 radical (unpaired) electrons. The number of fused-ring (bicyclic) bond motifs is 1. The lowest BCUT2D eigenvalue weighted by molar-refractivity contribution is 0.208. The van der Waals surface area contributed by atoms with Crippen molar-refractivity contribution >= 4 is 42.9 Å². The summed E-state index contributed by atoms with van der Waals surface area (Å²) < 4.78 is 10.5. The van der Waals surface area contributed by atoms with Crippen LogP contribution >= 0.6 is 8.86 Å². The molecule has 140 valence electrons. The third-order valence-electron chi connectivity index (χ3n) is 4.78. The lowest BCUT2D eigenvalue weighted by atomic mass is 10.0. The molecule has 1 fully saturated rings. The number of anilines is 2. The molecule has 1 N–H and O–H groups in total. The number of pyridine rings is 1. The standard InChI is InChI=1S/C18H20N5O3P/c1-11-9-16(26-21-11)20-18(24)23-7-4-15(27)14(10-23)22(2)13-3-6-19-17-12(13)5-8-25-17/h3,5-6,8-9,14,27H,4,7,10H2,1-2H3,(H,20,24). The molecule has 0 saturated carbocycles. The summed E-state index contributed by atoms with van der Waals surface area (Å²) in [5.41, 5.74) is 2.32. The number of likely N-dealkylation sites (tertiary alicyclic amines) is 1. The average molecular weight is 385 g/mol. The van der Waals surface area contributed by atoms with E-state index < -0.39 is 0 Å². The number of hydrogen-bond acceptors (Lipinski definition) is 6. The van der Waals surface area contributed by atoms with Crippen LogP contribution in [0.5, 0.6) is 0 Å². The van der Waals surface area contributed by atoms with Gasteiger partial charge in [-0.05, 0) is 30.8 Å². The SMILES string of the molecule is Cc1cc(NC(=O)N2CCC(=P)C(N(C)c3ccnc4occc34)C2)on1. The number of likely N-dealkylation sites (N-methyl/N-ethyl adjacent to an activating group) is 1. The Morgan fingerprint density at radius 3 is 3.07 bits per heavy atom. The summed E-state index contributed by atoms with van der Waals surface area (Å²) in [6.07, 6.45) is 4.12. The molecule has 0 bridgehead atoms. The number of nitrogens with zero attached hydrogens (tertiary/aromatic N) is 4. The van der Waals surface area contributed by atoms with Crippen molar-refractivity contribution in [3.05, 3.63) is 36.4 Å². The van der Waals surface area contributed by atoms with Gasteiger partial charge < -0.3 is 18.7 Å². The van der Waals surface area contributed by atoms with Crippen molar-refractivity contribution in [2.75, 3.05) is 30.4 Å². The summed E-state index contributed by atoms with van der Waals surface area (Å²) in [6.45, 7) is 2.97. The smallest absolute Gasteiger partial charge is 0.324 e. The van der Waals surface area contributed by atoms with Crippen LogP contribution in [0.3, 0.4) is 0 Å². The van der Waals surface area contributed by atoms with Gasteiger partial charge in [-0.15, -0.1) is 8.86 Å². The number of piperidine rings is 1. The van der Waals surface area contributed by atoms with Gasteiger partial charge in [0, 0.05) is 32.4 Å². The first-order valence-corrected chi connectivity index (χ1v) is 9.14. The van der Waals surface area contributed by atoms with Crippen LogP contribution in [0.1, 0.15) is 12.1 Å². The highest BCUT2D eigenvalue weighted by atomic mass is 31.0. The van der Waals surface area contributed by atoms with Crippen molar-refractivity contribution < 1.29 is 13.7 Å². The zero-order chi connectivity index (χ0) is 19.0. The Morgan fingerprint density at radius 2 is 2.30 bits per heavy atom. The highest BCUT2D eigenvalue weighted by Crippen LogP contribution is 2.28. The van der Waals surface area contributed by atoms with Crippen molar-refractivity contribution in [1.29, 1.82) is 0 Å². The summed E-state index contributed by atoms with van der Waals surface area (Å²) in [4.78, 5) is 20.8. The van der Waals surface area contributed by atoms with Crippen LogP contribution in [0.15, 0.2) is 39.6 Å². The minimum Gasteiger partial charge on any atom is -0.446 e. The zero-order valence-electron chi connectivity index (χ0n) is 15.1. The molecule has 1 unspecified atom stereocenters. The van der Waals surface area contributed by atoms with Crippen LogP contribution in [0, 0.1) is 6.92 Å². The van der Waals surface area contributed by atoms with Gasteiger partial charge in [0.05, 0.1) is 29.1 Å². The minimum absolute atomic E-state index is 0.0122. The number of carbonyl (C=O) groups excluding carboxylic acids is 1. The summed E-state index contributed by atoms with van der Waals surface area (Å²) in [6, 6.07) is 5.36. The highest BCUT2D eigenvalue weighted by Gasteiger charge is 2.30. The summed E-state index contributed by atoms with van der Waals surface area (Å²) in [7, 11) is 5.77. The van der Waals surface area contributed by atoms with Gasteiger partial charge in [-0.1, -0.05) is 5.16 Å². The molecule has 0 aliphatic carbocycles. The Bertz CT molecular complexity index is 998. The van der Waals surface area contributed by atoms with Gasteiger partial charge in [0.2, 0.25) is 11.6 Å². The molecule has 3 aromatic rings. The second-order valence-corrected chi connectivity index (χ2v) is 7.22. The van der Waals surface area contributed by atoms with Crippen LogP contribution in [-0.2, 0) is 0 Å². The molecule has 1 aliphatic rings. The van der Waals surface area contributed by atoms with E-state index >= 15 is 0 Å². The molecule has 2 amide bonds. The number of rotatable bonds is 3. The van der Waals surface area contributed by atoms with Crippen LogP contribution in [0.4, 0.5) is 16.4 Å². The number of aryl methyl sites for hydroxylation is 1. The Morgan fingerprint density at radius 1 is 1.44 bits per heavy atom. The van der Waals surface area contributed by atoms with Crippen LogP contribution in [-0.4, -0.2) is 52.5 Å². The van der Waals surface area contributed by atoms with Gasteiger partial charge in [-0.2, -0.15) is 0 Å². The van der Waals surface area contributed by atoms with Crippen molar-refractivity contribution in [1.82, 2.24) is 15.0 Å². The molecule has 4 heterocycles. The lowest BCUT2D eigenvalue weighted by Gasteiger charge is -2.39. The van der Waals surface area contributed by atoms with Gasteiger partial charge in [-0.3, -0.25) is 5.32 Å². The summed E-state index contributed by atoms with van der Waals surface area (Å²) >= 11 is 0. The molecule has 4 rings (SSSR count). The predicted molar refractivity (Wildman–Crippen MR) is 106 cm³/mol. The Hall–Kier alpha value is -2.86. The Balaban J connectivity index is 1.52. The van der Waals surface area contributed by atoms with Crippen molar-refractivity contribution in [3.8, 4) is 0 Å². The van der Waals surface area contributed by atoms with E-state index in [1.165, 1.54) is 0 Å². The molecule has 27 heavy (non-hydrogen) atoms. The van der Waals surface area contributed by atoms with E-state index in [9.17, 15) is 4.79 Å². The number of aromatic nitrogens is 2. The maximum Gasteiger partial charge on any atom is 0.324 e. The molecule has 8 nitrogen and oxygen atoms in total. The quantitative estimate of drug-likeness (QED) is 0.697. The van der Waals surface area contributed by atoms with Crippen molar-refractivity contribution in [3.63, 3.8) is 0 Å². The largest absolute Gasteiger partial charge is 0.446 e. The number of carbonyl (C=O) groups is 1. The number of nitrogens with one attached hydrogen (secondary N) is 1. The van der Waals surface area contributed by atoms with Gasteiger partial charge in [0.1, 0.15) is 0 Å². The predicted octanol–water partition coefficient (Wildman–Crippen LogP) is 3.18. The first-order valence-electron chi connectivity index (χ1n) is 8.64. The first kappa shape index (κ1) is 17.5. The lowest BCUT2D eigenvalue weighted by Crippen LogP contribution is -2.54. The topological polar surface area (TPSA) is 87.6 Å². The zero-order valence-corrected chi connectivity index (χ0v) is 16.1.